The van der Waals surface area contributed by atoms with Gasteiger partial charge >= 0.3 is 0 Å². The Hall–Kier alpha value is -0.880. The number of rotatable bonds is 3. The highest BCUT2D eigenvalue weighted by Gasteiger charge is 2.35. The van der Waals surface area contributed by atoms with Gasteiger partial charge in [-0.3, -0.25) is 0 Å². The Morgan fingerprint density at radius 2 is 2.15 bits per heavy atom. The van der Waals surface area contributed by atoms with Crippen LogP contribution in [0, 0.1) is 0 Å². The average molecular weight is 358 g/mol. The number of oxazole rings is 1. The minimum absolute atomic E-state index is 0.138. The van der Waals surface area contributed by atoms with E-state index in [4.69, 9.17) is 4.42 Å². The first-order chi connectivity index (χ1) is 9.56. The number of benzene rings is 1. The largest absolute Gasteiger partial charge is 0.441 e. The molecule has 108 valence electrons. The molecule has 2 atom stereocenters. The minimum atomic E-state index is -2.99. The summed E-state index contributed by atoms with van der Waals surface area (Å²) in [6.45, 7) is 0. The number of alkyl halides is 1. The summed E-state index contributed by atoms with van der Waals surface area (Å²) in [5.41, 5.74) is 1.56. The van der Waals surface area contributed by atoms with Gasteiger partial charge < -0.3 is 4.42 Å². The molecule has 0 amide bonds. The molecule has 1 aliphatic rings. The summed E-state index contributed by atoms with van der Waals surface area (Å²) in [5.74, 6) is 0.890. The highest BCUT2D eigenvalue weighted by molar-refractivity contribution is 9.09. The van der Waals surface area contributed by atoms with Gasteiger partial charge in [-0.2, -0.15) is 0 Å². The standard InChI is InChI=1S/C14H16BrNO3S/c15-10(13-7-3-4-8-20(13,17)18)9-14-16-11-5-1-2-6-12(11)19-14/h1-2,5-6,10,13H,3-4,7-9H2. The van der Waals surface area contributed by atoms with Gasteiger partial charge in [0.1, 0.15) is 5.52 Å². The van der Waals surface area contributed by atoms with Crippen molar-refractivity contribution < 1.29 is 12.8 Å². The third-order valence-electron chi connectivity index (χ3n) is 3.74. The normalized spacial score (nSPS) is 23.8. The fourth-order valence-corrected chi connectivity index (χ4v) is 6.20. The second-order valence-corrected chi connectivity index (χ2v) is 8.71. The van der Waals surface area contributed by atoms with Crippen LogP contribution in [-0.4, -0.2) is 29.2 Å². The number of para-hydroxylation sites is 2. The molecule has 1 aromatic carbocycles. The molecule has 3 rings (SSSR count). The van der Waals surface area contributed by atoms with Crippen LogP contribution in [0.5, 0.6) is 0 Å². The van der Waals surface area contributed by atoms with Gasteiger partial charge in [-0.15, -0.1) is 0 Å². The van der Waals surface area contributed by atoms with E-state index in [1.54, 1.807) is 0 Å². The minimum Gasteiger partial charge on any atom is -0.441 e. The zero-order valence-electron chi connectivity index (χ0n) is 11.0. The molecule has 0 radical (unpaired) electrons. The number of sulfone groups is 1. The van der Waals surface area contributed by atoms with E-state index in [-0.39, 0.29) is 10.1 Å². The lowest BCUT2D eigenvalue weighted by molar-refractivity contribution is 0.497. The maximum atomic E-state index is 12.1. The molecule has 0 bridgehead atoms. The van der Waals surface area contributed by atoms with E-state index in [2.05, 4.69) is 20.9 Å². The molecule has 2 unspecified atom stereocenters. The predicted octanol–water partition coefficient (Wildman–Crippen LogP) is 3.10. The average Bonchev–Trinajstić information content (AvgIpc) is 2.80. The van der Waals surface area contributed by atoms with Crippen molar-refractivity contribution in [2.45, 2.75) is 35.8 Å². The van der Waals surface area contributed by atoms with E-state index in [0.29, 0.717) is 18.1 Å². The van der Waals surface area contributed by atoms with Gasteiger partial charge in [-0.1, -0.05) is 34.5 Å². The van der Waals surface area contributed by atoms with Crippen LogP contribution >= 0.6 is 15.9 Å². The van der Waals surface area contributed by atoms with Crippen LogP contribution in [0.15, 0.2) is 28.7 Å². The first-order valence-electron chi connectivity index (χ1n) is 6.76. The van der Waals surface area contributed by atoms with E-state index < -0.39 is 9.84 Å². The number of aromatic nitrogens is 1. The quantitative estimate of drug-likeness (QED) is 0.791. The fourth-order valence-electron chi connectivity index (χ4n) is 2.69. The molecule has 1 fully saturated rings. The van der Waals surface area contributed by atoms with Gasteiger partial charge in [0.2, 0.25) is 0 Å². The van der Waals surface area contributed by atoms with Gasteiger partial charge in [0.25, 0.3) is 0 Å². The third kappa shape index (κ3) is 2.76. The maximum absolute atomic E-state index is 12.1. The number of nitrogens with zero attached hydrogens (tertiary/aromatic N) is 1. The van der Waals surface area contributed by atoms with Gasteiger partial charge in [0.15, 0.2) is 21.3 Å². The Morgan fingerprint density at radius 3 is 2.90 bits per heavy atom. The summed E-state index contributed by atoms with van der Waals surface area (Å²) in [6, 6.07) is 7.57. The van der Waals surface area contributed by atoms with Crippen molar-refractivity contribution in [1.29, 1.82) is 0 Å². The molecule has 4 nitrogen and oxygen atoms in total. The monoisotopic (exact) mass is 357 g/mol. The van der Waals surface area contributed by atoms with Crippen molar-refractivity contribution >= 4 is 36.9 Å². The van der Waals surface area contributed by atoms with Crippen LogP contribution in [0.3, 0.4) is 0 Å². The van der Waals surface area contributed by atoms with E-state index >= 15 is 0 Å². The number of hydrogen-bond acceptors (Lipinski definition) is 4. The van der Waals surface area contributed by atoms with Crippen molar-refractivity contribution in [3.05, 3.63) is 30.2 Å². The highest BCUT2D eigenvalue weighted by Crippen LogP contribution is 2.28. The molecule has 1 saturated heterocycles. The summed E-state index contributed by atoms with van der Waals surface area (Å²) in [7, 11) is -2.99. The smallest absolute Gasteiger partial charge is 0.196 e. The van der Waals surface area contributed by atoms with Crippen LogP contribution in [-0.2, 0) is 16.3 Å². The summed E-state index contributed by atoms with van der Waals surface area (Å²) < 4.78 is 29.9. The molecule has 20 heavy (non-hydrogen) atoms. The lowest BCUT2D eigenvalue weighted by Crippen LogP contribution is -2.36. The molecule has 0 saturated carbocycles. The molecular weight excluding hydrogens is 342 g/mol. The molecule has 0 aliphatic carbocycles. The van der Waals surface area contributed by atoms with Gasteiger partial charge in [0.05, 0.1) is 11.0 Å². The van der Waals surface area contributed by atoms with Gasteiger partial charge in [-0.05, 0) is 25.0 Å². The zero-order chi connectivity index (χ0) is 14.2. The summed E-state index contributed by atoms with van der Waals surface area (Å²) >= 11 is 3.53. The molecule has 6 heteroatoms. The zero-order valence-corrected chi connectivity index (χ0v) is 13.4. The van der Waals surface area contributed by atoms with E-state index in [0.717, 1.165) is 30.4 Å². The third-order valence-corrected chi connectivity index (χ3v) is 7.40. The summed E-state index contributed by atoms with van der Waals surface area (Å²) in [6.07, 6.45) is 2.97. The van der Waals surface area contributed by atoms with Gasteiger partial charge in [0, 0.05) is 11.2 Å². The summed E-state index contributed by atoms with van der Waals surface area (Å²) in [5, 5.41) is -0.328. The molecule has 2 aromatic rings. The van der Waals surface area contributed by atoms with Crippen LogP contribution in [0.2, 0.25) is 0 Å². The highest BCUT2D eigenvalue weighted by atomic mass is 79.9. The SMILES string of the molecule is O=S1(=O)CCCCC1C(Br)Cc1nc2ccccc2o1. The molecular formula is C14H16BrNO3S. The van der Waals surface area contributed by atoms with Crippen molar-refractivity contribution in [3.8, 4) is 0 Å². The van der Waals surface area contributed by atoms with Crippen LogP contribution in [0.4, 0.5) is 0 Å². The Morgan fingerprint density at radius 1 is 1.35 bits per heavy atom. The van der Waals surface area contributed by atoms with Crippen molar-refractivity contribution in [1.82, 2.24) is 4.98 Å². The Labute approximate surface area is 126 Å². The maximum Gasteiger partial charge on any atom is 0.196 e. The lowest BCUT2D eigenvalue weighted by Gasteiger charge is -2.25. The molecule has 0 N–H and O–H groups in total. The Balaban J connectivity index is 1.79. The van der Waals surface area contributed by atoms with Crippen molar-refractivity contribution in [2.24, 2.45) is 0 Å². The number of halogens is 1. The van der Waals surface area contributed by atoms with Crippen LogP contribution in [0.25, 0.3) is 11.1 Å². The Bertz CT molecular complexity index is 677. The Kier molecular flexibility index (Phi) is 3.86. The van der Waals surface area contributed by atoms with Crippen LogP contribution in [0.1, 0.15) is 25.2 Å². The number of fused-ring (bicyclic) bond motifs is 1. The van der Waals surface area contributed by atoms with Crippen LogP contribution < -0.4 is 0 Å². The number of hydrogen-bond donors (Lipinski definition) is 0. The first-order valence-corrected chi connectivity index (χ1v) is 9.39. The lowest BCUT2D eigenvalue weighted by atomic mass is 10.1. The topological polar surface area (TPSA) is 60.2 Å². The summed E-state index contributed by atoms with van der Waals surface area (Å²) in [4.78, 5) is 4.27. The van der Waals surface area contributed by atoms with E-state index in [1.807, 2.05) is 24.3 Å². The first kappa shape index (κ1) is 14.1. The second-order valence-electron chi connectivity index (χ2n) is 5.20. The van der Waals surface area contributed by atoms with Crippen molar-refractivity contribution in [2.75, 3.05) is 5.75 Å². The van der Waals surface area contributed by atoms with Gasteiger partial charge in [-0.25, -0.2) is 13.4 Å². The molecule has 0 spiro atoms. The van der Waals surface area contributed by atoms with E-state index in [1.165, 1.54) is 0 Å². The van der Waals surface area contributed by atoms with Crippen molar-refractivity contribution in [3.63, 3.8) is 0 Å². The second kappa shape index (κ2) is 5.48. The molecule has 2 heterocycles. The molecule has 1 aromatic heterocycles. The fraction of sp³-hybridized carbons (Fsp3) is 0.500. The van der Waals surface area contributed by atoms with E-state index in [9.17, 15) is 8.42 Å². The molecule has 1 aliphatic heterocycles. The predicted molar refractivity (Wildman–Crippen MR) is 81.9 cm³/mol.